The molecule has 0 atom stereocenters. The highest BCUT2D eigenvalue weighted by molar-refractivity contribution is 6.56. The van der Waals surface area contributed by atoms with Gasteiger partial charge in [-0.1, -0.05) is 19.7 Å². The van der Waals surface area contributed by atoms with Crippen molar-refractivity contribution in [2.24, 2.45) is 0 Å². The third-order valence-electron chi connectivity index (χ3n) is 1.40. The maximum atomic E-state index is 11.0. The lowest BCUT2D eigenvalue weighted by atomic mass is 10.5. The number of carbonyl (C=O) groups is 1. The van der Waals surface area contributed by atoms with Crippen molar-refractivity contribution in [1.29, 1.82) is 0 Å². The molecule has 0 aromatic rings. The molecule has 0 heterocycles. The molecule has 0 aliphatic carbocycles. The molecule has 0 spiro atoms. The van der Waals surface area contributed by atoms with Crippen LogP contribution < -0.4 is 0 Å². The SMILES string of the molecule is C=C(O)CN(C[SiH](C)C)C(C)=O. The molecule has 1 N–H and O–H groups in total. The normalized spacial score (nSPS) is 10.0. The number of carbonyl (C=O) groups excluding carboxylic acids is 1. The van der Waals surface area contributed by atoms with Crippen molar-refractivity contribution in [3.8, 4) is 0 Å². The maximum Gasteiger partial charge on any atom is 0.219 e. The van der Waals surface area contributed by atoms with E-state index in [9.17, 15) is 4.79 Å². The molecule has 0 saturated carbocycles. The van der Waals surface area contributed by atoms with E-state index in [4.69, 9.17) is 5.11 Å². The van der Waals surface area contributed by atoms with Gasteiger partial charge in [0.2, 0.25) is 5.91 Å². The van der Waals surface area contributed by atoms with Gasteiger partial charge in [0, 0.05) is 13.1 Å². The molecule has 0 aromatic heterocycles. The smallest absolute Gasteiger partial charge is 0.219 e. The maximum absolute atomic E-state index is 11.0. The van der Waals surface area contributed by atoms with Crippen LogP contribution in [0.2, 0.25) is 13.1 Å². The summed E-state index contributed by atoms with van der Waals surface area (Å²) in [5.74, 6) is 0.0613. The highest BCUT2D eigenvalue weighted by Gasteiger charge is 2.11. The summed E-state index contributed by atoms with van der Waals surface area (Å²) in [5.41, 5.74) is 0. The van der Waals surface area contributed by atoms with Crippen LogP contribution in [0.25, 0.3) is 0 Å². The molecule has 0 bridgehead atoms. The molecular weight excluding hydrogens is 170 g/mol. The number of aliphatic hydroxyl groups excluding tert-OH is 1. The molecule has 0 fully saturated rings. The van der Waals surface area contributed by atoms with Crippen molar-refractivity contribution in [3.05, 3.63) is 12.3 Å². The predicted molar refractivity (Wildman–Crippen MR) is 52.9 cm³/mol. The van der Waals surface area contributed by atoms with Crippen LogP contribution in [0.4, 0.5) is 0 Å². The average Bonchev–Trinajstić information content (AvgIpc) is 1.83. The summed E-state index contributed by atoms with van der Waals surface area (Å²) in [6.07, 6.45) is 0.801. The van der Waals surface area contributed by atoms with Gasteiger partial charge in [-0.2, -0.15) is 0 Å². The highest BCUT2D eigenvalue weighted by atomic mass is 28.3. The summed E-state index contributed by atoms with van der Waals surface area (Å²) in [4.78, 5) is 12.6. The number of amides is 1. The van der Waals surface area contributed by atoms with Gasteiger partial charge in [0.25, 0.3) is 0 Å². The van der Waals surface area contributed by atoms with Gasteiger partial charge in [-0.05, 0) is 0 Å². The quantitative estimate of drug-likeness (QED) is 0.525. The second-order valence-electron chi connectivity index (χ2n) is 3.36. The molecular formula is C8H17NO2Si. The van der Waals surface area contributed by atoms with Gasteiger partial charge in [-0.15, -0.1) is 0 Å². The van der Waals surface area contributed by atoms with E-state index in [1.54, 1.807) is 4.90 Å². The second-order valence-corrected chi connectivity index (χ2v) is 6.51. The number of nitrogens with zero attached hydrogens (tertiary/aromatic N) is 1. The average molecular weight is 187 g/mol. The summed E-state index contributed by atoms with van der Waals surface area (Å²) >= 11 is 0. The molecule has 0 radical (unpaired) electrons. The Morgan fingerprint density at radius 3 is 2.33 bits per heavy atom. The first kappa shape index (κ1) is 11.2. The first-order valence-corrected chi connectivity index (χ1v) is 7.18. The van der Waals surface area contributed by atoms with E-state index >= 15 is 0 Å². The Morgan fingerprint density at radius 2 is 2.08 bits per heavy atom. The van der Waals surface area contributed by atoms with Crippen LogP contribution in [0.15, 0.2) is 12.3 Å². The number of hydrogen-bond acceptors (Lipinski definition) is 2. The minimum Gasteiger partial charge on any atom is -0.511 e. The van der Waals surface area contributed by atoms with Crippen LogP contribution in [0, 0.1) is 0 Å². The van der Waals surface area contributed by atoms with Crippen molar-refractivity contribution < 1.29 is 9.90 Å². The molecule has 0 unspecified atom stereocenters. The van der Waals surface area contributed by atoms with Crippen molar-refractivity contribution >= 4 is 14.7 Å². The van der Waals surface area contributed by atoms with E-state index < -0.39 is 8.80 Å². The van der Waals surface area contributed by atoms with Gasteiger partial charge >= 0.3 is 0 Å². The molecule has 4 heteroatoms. The summed E-state index contributed by atoms with van der Waals surface area (Å²) in [7, 11) is -0.791. The van der Waals surface area contributed by atoms with Crippen molar-refractivity contribution in [2.45, 2.75) is 20.0 Å². The lowest BCUT2D eigenvalue weighted by Gasteiger charge is -2.21. The minimum atomic E-state index is -0.791. The van der Waals surface area contributed by atoms with Crippen LogP contribution >= 0.6 is 0 Å². The molecule has 0 aliphatic rings. The number of rotatable bonds is 4. The van der Waals surface area contributed by atoms with Gasteiger partial charge < -0.3 is 10.0 Å². The standard InChI is InChI=1S/C8H17NO2Si/c1-7(10)5-9(8(2)11)6-12(3)4/h10,12H,1,5-6H2,2-4H3. The number of aliphatic hydroxyl groups is 1. The fourth-order valence-corrected chi connectivity index (χ4v) is 2.23. The third-order valence-corrected chi connectivity index (χ3v) is 2.58. The zero-order chi connectivity index (χ0) is 9.72. The Morgan fingerprint density at radius 1 is 1.58 bits per heavy atom. The highest BCUT2D eigenvalue weighted by Crippen LogP contribution is 1.96. The Kier molecular flexibility index (Phi) is 4.66. The monoisotopic (exact) mass is 187 g/mol. The van der Waals surface area contributed by atoms with E-state index in [1.807, 2.05) is 0 Å². The molecule has 70 valence electrons. The summed E-state index contributed by atoms with van der Waals surface area (Å²) in [5, 5.41) is 8.91. The molecule has 1 amide bonds. The van der Waals surface area contributed by atoms with E-state index in [0.29, 0.717) is 0 Å². The summed E-state index contributed by atoms with van der Waals surface area (Å²) < 4.78 is 0. The van der Waals surface area contributed by atoms with E-state index in [0.717, 1.165) is 6.17 Å². The van der Waals surface area contributed by atoms with Gasteiger partial charge in [0.05, 0.1) is 15.3 Å². The molecule has 0 aliphatic heterocycles. The molecule has 12 heavy (non-hydrogen) atoms. The van der Waals surface area contributed by atoms with Crippen LogP contribution in [-0.4, -0.2) is 37.4 Å². The van der Waals surface area contributed by atoms with Crippen molar-refractivity contribution in [3.63, 3.8) is 0 Å². The second kappa shape index (κ2) is 4.98. The third kappa shape index (κ3) is 4.95. The largest absolute Gasteiger partial charge is 0.511 e. The molecule has 3 nitrogen and oxygen atoms in total. The van der Waals surface area contributed by atoms with Crippen LogP contribution in [0.1, 0.15) is 6.92 Å². The lowest BCUT2D eigenvalue weighted by molar-refractivity contribution is -0.127. The topological polar surface area (TPSA) is 40.5 Å². The Labute approximate surface area is 75.3 Å². The van der Waals surface area contributed by atoms with Gasteiger partial charge in [-0.25, -0.2) is 0 Å². The van der Waals surface area contributed by atoms with Crippen LogP contribution in [0.3, 0.4) is 0 Å². The van der Waals surface area contributed by atoms with Crippen LogP contribution in [0.5, 0.6) is 0 Å². The van der Waals surface area contributed by atoms with Gasteiger partial charge in [0.1, 0.15) is 5.76 Å². The fourth-order valence-electron chi connectivity index (χ4n) is 0.966. The minimum absolute atomic E-state index is 0.00593. The van der Waals surface area contributed by atoms with Gasteiger partial charge in [0.15, 0.2) is 0 Å². The Hall–Kier alpha value is -0.773. The summed E-state index contributed by atoms with van der Waals surface area (Å²) in [6, 6.07) is 0. The number of hydrogen-bond donors (Lipinski definition) is 1. The van der Waals surface area contributed by atoms with Crippen LogP contribution in [-0.2, 0) is 4.79 Å². The van der Waals surface area contributed by atoms with Crippen molar-refractivity contribution in [2.75, 3.05) is 12.7 Å². The first-order valence-electron chi connectivity index (χ1n) is 4.05. The Bertz CT molecular complexity index is 180. The van der Waals surface area contributed by atoms with Crippen molar-refractivity contribution in [1.82, 2.24) is 4.90 Å². The van der Waals surface area contributed by atoms with E-state index in [1.165, 1.54) is 6.92 Å². The lowest BCUT2D eigenvalue weighted by Crippen LogP contribution is -2.37. The zero-order valence-electron chi connectivity index (χ0n) is 8.00. The molecule has 0 rings (SSSR count). The first-order chi connectivity index (χ1) is 5.43. The van der Waals surface area contributed by atoms with E-state index in [-0.39, 0.29) is 18.2 Å². The summed E-state index contributed by atoms with van der Waals surface area (Å²) in [6.45, 7) is 9.48. The zero-order valence-corrected chi connectivity index (χ0v) is 9.16. The Balaban J connectivity index is 4.04. The predicted octanol–water partition coefficient (Wildman–Crippen LogP) is 0.933. The van der Waals surface area contributed by atoms with Gasteiger partial charge in [-0.3, -0.25) is 4.79 Å². The fraction of sp³-hybridized carbons (Fsp3) is 0.625. The van der Waals surface area contributed by atoms with E-state index in [2.05, 4.69) is 19.7 Å². The molecule has 0 saturated heterocycles. The molecule has 0 aromatic carbocycles.